The highest BCUT2D eigenvalue weighted by Crippen LogP contribution is 2.23. The van der Waals surface area contributed by atoms with Gasteiger partial charge < -0.3 is 15.0 Å². The van der Waals surface area contributed by atoms with Crippen molar-refractivity contribution < 1.29 is 9.13 Å². The number of rotatable bonds is 6. The first-order chi connectivity index (χ1) is 10.0. The molecular formula is C17H27FN2O. The zero-order valence-electron chi connectivity index (χ0n) is 13.5. The lowest BCUT2D eigenvalue weighted by Gasteiger charge is -2.21. The van der Waals surface area contributed by atoms with Crippen LogP contribution >= 0.6 is 0 Å². The molecule has 0 saturated carbocycles. The van der Waals surface area contributed by atoms with Crippen molar-refractivity contribution in [2.24, 2.45) is 5.92 Å². The van der Waals surface area contributed by atoms with Gasteiger partial charge in [-0.3, -0.25) is 0 Å². The van der Waals surface area contributed by atoms with Gasteiger partial charge in [0.1, 0.15) is 0 Å². The lowest BCUT2D eigenvalue weighted by atomic mass is 10.1. The van der Waals surface area contributed by atoms with E-state index < -0.39 is 0 Å². The van der Waals surface area contributed by atoms with Crippen molar-refractivity contribution in [2.75, 3.05) is 26.7 Å². The maximum Gasteiger partial charge on any atom is 0.165 e. The van der Waals surface area contributed by atoms with Crippen molar-refractivity contribution in [3.05, 3.63) is 29.6 Å². The van der Waals surface area contributed by atoms with Crippen LogP contribution in [-0.4, -0.2) is 37.7 Å². The van der Waals surface area contributed by atoms with Crippen molar-refractivity contribution >= 4 is 0 Å². The number of nitrogens with one attached hydrogen (secondary N) is 1. The number of hydrogen-bond donors (Lipinski definition) is 1. The second kappa shape index (κ2) is 7.23. The number of hydrogen-bond acceptors (Lipinski definition) is 3. The molecule has 1 aliphatic heterocycles. The molecule has 0 radical (unpaired) electrons. The van der Waals surface area contributed by atoms with Crippen LogP contribution in [0.5, 0.6) is 5.75 Å². The molecule has 0 aromatic heterocycles. The minimum absolute atomic E-state index is 0.151. The van der Waals surface area contributed by atoms with Gasteiger partial charge in [0.2, 0.25) is 0 Å². The first-order valence-corrected chi connectivity index (χ1v) is 7.82. The highest BCUT2D eigenvalue weighted by Gasteiger charge is 2.24. The molecule has 1 saturated heterocycles. The Hall–Kier alpha value is -1.13. The minimum atomic E-state index is -0.296. The predicted octanol–water partition coefficient (Wildman–Crippen LogP) is 3.22. The van der Waals surface area contributed by atoms with Gasteiger partial charge in [0, 0.05) is 18.6 Å². The summed E-state index contributed by atoms with van der Waals surface area (Å²) in [5.41, 5.74) is 0.965. The molecule has 0 aliphatic carbocycles. The van der Waals surface area contributed by atoms with Gasteiger partial charge in [-0.05, 0) is 63.9 Å². The largest absolute Gasteiger partial charge is 0.494 e. The first-order valence-electron chi connectivity index (χ1n) is 7.82. The summed E-state index contributed by atoms with van der Waals surface area (Å²) >= 11 is 0. The molecule has 0 spiro atoms. The van der Waals surface area contributed by atoms with Crippen molar-refractivity contribution in [1.82, 2.24) is 10.2 Å². The van der Waals surface area contributed by atoms with E-state index in [1.807, 2.05) is 6.07 Å². The molecule has 1 aromatic carbocycles. The molecule has 4 heteroatoms. The van der Waals surface area contributed by atoms with Crippen LogP contribution in [-0.2, 0) is 0 Å². The topological polar surface area (TPSA) is 24.5 Å². The maximum absolute atomic E-state index is 13.7. The van der Waals surface area contributed by atoms with Gasteiger partial charge in [-0.1, -0.05) is 6.07 Å². The molecule has 3 nitrogen and oxygen atoms in total. The number of methoxy groups -OCH3 is 1. The number of halogens is 1. The fourth-order valence-corrected chi connectivity index (χ4v) is 2.91. The molecule has 21 heavy (non-hydrogen) atoms. The van der Waals surface area contributed by atoms with Gasteiger partial charge in [-0.25, -0.2) is 4.39 Å². The Morgan fingerprint density at radius 1 is 1.38 bits per heavy atom. The van der Waals surface area contributed by atoms with Gasteiger partial charge in [0.05, 0.1) is 7.11 Å². The monoisotopic (exact) mass is 294 g/mol. The van der Waals surface area contributed by atoms with E-state index in [2.05, 4.69) is 31.0 Å². The fraction of sp³-hybridized carbons (Fsp3) is 0.647. The summed E-state index contributed by atoms with van der Waals surface area (Å²) in [6, 6.07) is 5.96. The predicted molar refractivity (Wildman–Crippen MR) is 84.2 cm³/mol. The smallest absolute Gasteiger partial charge is 0.165 e. The molecule has 2 unspecified atom stereocenters. The van der Waals surface area contributed by atoms with E-state index >= 15 is 0 Å². The molecule has 1 aliphatic rings. The van der Waals surface area contributed by atoms with E-state index in [1.165, 1.54) is 20.1 Å². The summed E-state index contributed by atoms with van der Waals surface area (Å²) in [5.74, 6) is 0.697. The lowest BCUT2D eigenvalue weighted by Crippen LogP contribution is -2.31. The summed E-state index contributed by atoms with van der Waals surface area (Å²) in [6.45, 7) is 9.91. The molecule has 118 valence electrons. The molecule has 1 heterocycles. The summed E-state index contributed by atoms with van der Waals surface area (Å²) in [4.78, 5) is 2.52. The van der Waals surface area contributed by atoms with Crippen molar-refractivity contribution in [3.8, 4) is 5.75 Å². The van der Waals surface area contributed by atoms with Crippen LogP contribution in [0, 0.1) is 11.7 Å². The Morgan fingerprint density at radius 3 is 2.71 bits per heavy atom. The van der Waals surface area contributed by atoms with Gasteiger partial charge in [0.25, 0.3) is 0 Å². The third-order valence-corrected chi connectivity index (χ3v) is 4.44. The van der Waals surface area contributed by atoms with E-state index in [1.54, 1.807) is 12.1 Å². The average molecular weight is 294 g/mol. The normalized spacial score (nSPS) is 21.0. The van der Waals surface area contributed by atoms with Gasteiger partial charge in [0.15, 0.2) is 11.6 Å². The minimum Gasteiger partial charge on any atom is -0.494 e. The second-order valence-corrected chi connectivity index (χ2v) is 6.27. The van der Waals surface area contributed by atoms with Gasteiger partial charge in [-0.15, -0.1) is 0 Å². The molecule has 1 N–H and O–H groups in total. The SMILES string of the molecule is COc1ccc(C(C)NCC2CCN(C(C)C)C2)cc1F. The average Bonchev–Trinajstić information content (AvgIpc) is 2.93. The van der Waals surface area contributed by atoms with E-state index in [-0.39, 0.29) is 11.9 Å². The molecule has 1 fully saturated rings. The summed E-state index contributed by atoms with van der Waals surface area (Å²) in [5, 5.41) is 3.53. The number of ether oxygens (including phenoxy) is 1. The Bertz CT molecular complexity index is 464. The highest BCUT2D eigenvalue weighted by atomic mass is 19.1. The van der Waals surface area contributed by atoms with E-state index in [9.17, 15) is 4.39 Å². The summed E-state index contributed by atoms with van der Waals surface area (Å²) < 4.78 is 18.7. The van der Waals surface area contributed by atoms with Crippen LogP contribution in [0.3, 0.4) is 0 Å². The Kier molecular flexibility index (Phi) is 5.59. The van der Waals surface area contributed by atoms with Crippen LogP contribution in [0.25, 0.3) is 0 Å². The van der Waals surface area contributed by atoms with Gasteiger partial charge >= 0.3 is 0 Å². The van der Waals surface area contributed by atoms with Crippen molar-refractivity contribution in [2.45, 2.75) is 39.3 Å². The third kappa shape index (κ3) is 4.17. The van der Waals surface area contributed by atoms with E-state index in [0.717, 1.165) is 18.7 Å². The summed E-state index contributed by atoms with van der Waals surface area (Å²) in [6.07, 6.45) is 1.24. The fourth-order valence-electron chi connectivity index (χ4n) is 2.91. The highest BCUT2D eigenvalue weighted by molar-refractivity contribution is 5.30. The van der Waals surface area contributed by atoms with Crippen molar-refractivity contribution in [3.63, 3.8) is 0 Å². The Morgan fingerprint density at radius 2 is 2.14 bits per heavy atom. The van der Waals surface area contributed by atoms with Crippen molar-refractivity contribution in [1.29, 1.82) is 0 Å². The Labute approximate surface area is 127 Å². The summed E-state index contributed by atoms with van der Waals surface area (Å²) in [7, 11) is 1.49. The molecule has 2 rings (SSSR count). The molecule has 1 aromatic rings. The lowest BCUT2D eigenvalue weighted by molar-refractivity contribution is 0.263. The maximum atomic E-state index is 13.7. The second-order valence-electron chi connectivity index (χ2n) is 6.27. The number of nitrogens with zero attached hydrogens (tertiary/aromatic N) is 1. The van der Waals surface area contributed by atoms with E-state index in [4.69, 9.17) is 4.74 Å². The van der Waals surface area contributed by atoms with Crippen LogP contribution in [0.2, 0.25) is 0 Å². The standard InChI is InChI=1S/C17H27FN2O/c1-12(2)20-8-7-14(11-20)10-19-13(3)15-5-6-17(21-4)16(18)9-15/h5-6,9,12-14,19H,7-8,10-11H2,1-4H3. The van der Waals surface area contributed by atoms with Crippen LogP contribution in [0.1, 0.15) is 38.8 Å². The molecule has 2 atom stereocenters. The third-order valence-electron chi connectivity index (χ3n) is 4.44. The number of likely N-dealkylation sites (tertiary alicyclic amines) is 1. The van der Waals surface area contributed by atoms with Gasteiger partial charge in [-0.2, -0.15) is 0 Å². The molecule has 0 amide bonds. The van der Waals surface area contributed by atoms with E-state index in [0.29, 0.717) is 17.7 Å². The van der Waals surface area contributed by atoms with Crippen LogP contribution < -0.4 is 10.1 Å². The number of benzene rings is 1. The zero-order valence-corrected chi connectivity index (χ0v) is 13.5. The van der Waals surface area contributed by atoms with Crippen LogP contribution in [0.4, 0.5) is 4.39 Å². The quantitative estimate of drug-likeness (QED) is 0.872. The molecule has 0 bridgehead atoms. The first kappa shape index (κ1) is 16.2. The zero-order chi connectivity index (χ0) is 15.4. The Balaban J connectivity index is 1.85. The molecular weight excluding hydrogens is 267 g/mol. The van der Waals surface area contributed by atoms with Crippen LogP contribution in [0.15, 0.2) is 18.2 Å².